The lowest BCUT2D eigenvalue weighted by atomic mass is 9.85. The van der Waals surface area contributed by atoms with Crippen LogP contribution in [-0.4, -0.2) is 45.9 Å². The van der Waals surface area contributed by atoms with E-state index in [1.54, 1.807) is 4.90 Å². The molecule has 232 valence electrons. The SMILES string of the molecule is N#Cc1ccc(-c2ccc(OC(F)(F)F)c(CN[C@H]3CCN(C(=O)Cn4ccc(=O)[nH]c4=O)C[C@H]3c3ccccc3)c2)c(F)c1. The van der Waals surface area contributed by atoms with Crippen LogP contribution in [-0.2, 0) is 17.9 Å². The van der Waals surface area contributed by atoms with Crippen molar-refractivity contribution in [3.63, 3.8) is 0 Å². The lowest BCUT2D eigenvalue weighted by Gasteiger charge is -2.39. The third-order valence-corrected chi connectivity index (χ3v) is 7.65. The van der Waals surface area contributed by atoms with E-state index in [9.17, 15) is 31.9 Å². The first-order valence-electron chi connectivity index (χ1n) is 14.0. The van der Waals surface area contributed by atoms with Gasteiger partial charge in [0.25, 0.3) is 5.56 Å². The number of nitrogens with one attached hydrogen (secondary N) is 2. The minimum Gasteiger partial charge on any atom is -0.405 e. The third-order valence-electron chi connectivity index (χ3n) is 7.65. The number of halogens is 4. The number of nitrogens with zero attached hydrogens (tertiary/aromatic N) is 3. The molecule has 13 heteroatoms. The summed E-state index contributed by atoms with van der Waals surface area (Å²) in [5.41, 5.74) is 0.288. The van der Waals surface area contributed by atoms with E-state index in [0.717, 1.165) is 28.3 Å². The van der Waals surface area contributed by atoms with Crippen molar-refractivity contribution in [3.05, 3.63) is 122 Å². The topological polar surface area (TPSA) is 120 Å². The van der Waals surface area contributed by atoms with Crippen molar-refractivity contribution >= 4 is 5.91 Å². The van der Waals surface area contributed by atoms with Gasteiger partial charge in [0.2, 0.25) is 5.91 Å². The van der Waals surface area contributed by atoms with Crippen molar-refractivity contribution in [1.29, 1.82) is 5.26 Å². The number of hydrogen-bond acceptors (Lipinski definition) is 6. The summed E-state index contributed by atoms with van der Waals surface area (Å²) < 4.78 is 60.0. The molecule has 0 unspecified atom stereocenters. The second-order valence-electron chi connectivity index (χ2n) is 10.5. The first kappa shape index (κ1) is 31.2. The Morgan fingerprint density at radius 1 is 1.07 bits per heavy atom. The number of amides is 1. The summed E-state index contributed by atoms with van der Waals surface area (Å²) in [5, 5.41) is 12.4. The van der Waals surface area contributed by atoms with Gasteiger partial charge in [0.15, 0.2) is 0 Å². The largest absolute Gasteiger partial charge is 0.573 e. The molecule has 1 aromatic heterocycles. The predicted molar refractivity (Wildman–Crippen MR) is 156 cm³/mol. The summed E-state index contributed by atoms with van der Waals surface area (Å²) in [6, 6.07) is 19.8. The molecule has 45 heavy (non-hydrogen) atoms. The number of carbonyl (C=O) groups excluding carboxylic acids is 1. The van der Waals surface area contributed by atoms with Gasteiger partial charge in [-0.05, 0) is 41.8 Å². The van der Waals surface area contributed by atoms with Crippen LogP contribution in [0.15, 0.2) is 88.6 Å². The maximum atomic E-state index is 14.8. The molecule has 0 spiro atoms. The summed E-state index contributed by atoms with van der Waals surface area (Å²) in [6.45, 7) is 0.235. The maximum absolute atomic E-state index is 14.8. The Morgan fingerprint density at radius 3 is 2.53 bits per heavy atom. The van der Waals surface area contributed by atoms with Gasteiger partial charge in [-0.25, -0.2) is 9.18 Å². The highest BCUT2D eigenvalue weighted by atomic mass is 19.4. The van der Waals surface area contributed by atoms with Crippen LogP contribution in [0.25, 0.3) is 11.1 Å². The summed E-state index contributed by atoms with van der Waals surface area (Å²) in [4.78, 5) is 40.4. The number of likely N-dealkylation sites (tertiary alicyclic amines) is 1. The van der Waals surface area contributed by atoms with E-state index in [2.05, 4.69) is 15.0 Å². The average molecular weight is 622 g/mol. The molecule has 1 amide bonds. The molecule has 1 aliphatic rings. The quantitative estimate of drug-likeness (QED) is 0.284. The molecule has 0 radical (unpaired) electrons. The molecule has 3 aromatic carbocycles. The summed E-state index contributed by atoms with van der Waals surface area (Å²) in [7, 11) is 0. The summed E-state index contributed by atoms with van der Waals surface area (Å²) in [5.74, 6) is -1.73. The number of H-pyrrole nitrogens is 1. The normalized spacial score (nSPS) is 16.6. The number of aromatic nitrogens is 2. The first-order valence-corrected chi connectivity index (χ1v) is 14.0. The molecule has 4 aromatic rings. The van der Waals surface area contributed by atoms with Gasteiger partial charge in [0, 0.05) is 55.0 Å². The van der Waals surface area contributed by atoms with Gasteiger partial charge in [0.1, 0.15) is 18.1 Å². The lowest BCUT2D eigenvalue weighted by Crippen LogP contribution is -2.51. The van der Waals surface area contributed by atoms with Crippen molar-refractivity contribution in [2.45, 2.75) is 37.8 Å². The molecule has 1 fully saturated rings. The van der Waals surface area contributed by atoms with Gasteiger partial charge in [-0.3, -0.25) is 19.1 Å². The van der Waals surface area contributed by atoms with Crippen molar-refractivity contribution in [3.8, 4) is 22.9 Å². The van der Waals surface area contributed by atoms with Crippen molar-refractivity contribution in [2.75, 3.05) is 13.1 Å². The molecule has 0 aliphatic carbocycles. The lowest BCUT2D eigenvalue weighted by molar-refractivity contribution is -0.274. The van der Waals surface area contributed by atoms with Crippen molar-refractivity contribution in [1.82, 2.24) is 19.8 Å². The van der Waals surface area contributed by atoms with E-state index in [4.69, 9.17) is 5.26 Å². The Morgan fingerprint density at radius 2 is 1.84 bits per heavy atom. The smallest absolute Gasteiger partial charge is 0.405 e. The maximum Gasteiger partial charge on any atom is 0.573 e. The van der Waals surface area contributed by atoms with Crippen molar-refractivity contribution in [2.24, 2.45) is 0 Å². The number of carbonyl (C=O) groups is 1. The van der Waals surface area contributed by atoms with Crippen LogP contribution in [0.4, 0.5) is 17.6 Å². The number of alkyl halides is 3. The minimum atomic E-state index is -4.96. The van der Waals surface area contributed by atoms with Gasteiger partial charge < -0.3 is 15.0 Å². The average Bonchev–Trinajstić information content (AvgIpc) is 3.01. The third kappa shape index (κ3) is 7.66. The number of aromatic amines is 1. The Balaban J connectivity index is 1.39. The zero-order chi connectivity index (χ0) is 32.1. The fourth-order valence-corrected chi connectivity index (χ4v) is 5.44. The molecule has 0 saturated carbocycles. The first-order chi connectivity index (χ1) is 21.5. The van der Waals surface area contributed by atoms with Gasteiger partial charge >= 0.3 is 12.1 Å². The van der Waals surface area contributed by atoms with Crippen LogP contribution in [0, 0.1) is 17.1 Å². The second kappa shape index (κ2) is 13.2. The fourth-order valence-electron chi connectivity index (χ4n) is 5.44. The highest BCUT2D eigenvalue weighted by Crippen LogP contribution is 2.33. The van der Waals surface area contributed by atoms with Crippen LogP contribution in [0.2, 0.25) is 0 Å². The molecule has 2 N–H and O–H groups in total. The highest BCUT2D eigenvalue weighted by molar-refractivity contribution is 5.76. The van der Waals surface area contributed by atoms with E-state index in [0.29, 0.717) is 18.5 Å². The van der Waals surface area contributed by atoms with Crippen LogP contribution >= 0.6 is 0 Å². The molecular formula is C32H27F4N5O4. The fraction of sp³-hybridized carbons (Fsp3) is 0.250. The highest BCUT2D eigenvalue weighted by Gasteiger charge is 2.34. The van der Waals surface area contributed by atoms with Gasteiger partial charge in [-0.2, -0.15) is 5.26 Å². The van der Waals surface area contributed by atoms with Crippen molar-refractivity contribution < 1.29 is 27.1 Å². The van der Waals surface area contributed by atoms with E-state index < -0.39 is 29.2 Å². The van der Waals surface area contributed by atoms with Crippen LogP contribution in [0.1, 0.15) is 29.0 Å². The van der Waals surface area contributed by atoms with E-state index in [1.165, 1.54) is 30.5 Å². The van der Waals surface area contributed by atoms with Gasteiger partial charge in [-0.1, -0.05) is 42.5 Å². The van der Waals surface area contributed by atoms with Gasteiger partial charge in [-0.15, -0.1) is 13.2 Å². The summed E-state index contributed by atoms with van der Waals surface area (Å²) >= 11 is 0. The molecule has 2 atom stereocenters. The Bertz CT molecular complexity index is 1850. The Kier molecular flexibility index (Phi) is 9.15. The number of piperidine rings is 1. The standard InChI is InChI=1S/C32H27F4N5O4/c33-26-14-20(16-37)6-8-24(26)22-7-9-28(45-32(34,35)36)23(15-22)17-38-27-10-12-40(18-25(27)21-4-2-1-3-5-21)30(43)19-41-13-11-29(42)39-31(41)44/h1-9,11,13-15,25,27,38H,10,12,17-19H2,(H,39,42,44)/t25-,27-/m0/s1. The Hall–Kier alpha value is -5.22. The van der Waals surface area contributed by atoms with E-state index in [-0.39, 0.29) is 54.2 Å². The number of benzene rings is 3. The zero-order valence-corrected chi connectivity index (χ0v) is 23.7. The molecule has 1 saturated heterocycles. The van der Waals surface area contributed by atoms with E-state index >= 15 is 0 Å². The van der Waals surface area contributed by atoms with Gasteiger partial charge in [0.05, 0.1) is 11.6 Å². The number of hydrogen-bond donors (Lipinski definition) is 2. The van der Waals surface area contributed by atoms with Crippen LogP contribution in [0.3, 0.4) is 0 Å². The minimum absolute atomic E-state index is 0.0636. The molecule has 0 bridgehead atoms. The molecule has 9 nitrogen and oxygen atoms in total. The van der Waals surface area contributed by atoms with Crippen LogP contribution in [0.5, 0.6) is 5.75 Å². The predicted octanol–water partition coefficient (Wildman–Crippen LogP) is 4.29. The monoisotopic (exact) mass is 621 g/mol. The molecule has 2 heterocycles. The summed E-state index contributed by atoms with van der Waals surface area (Å²) in [6.07, 6.45) is -3.27. The molecular weight excluding hydrogens is 594 g/mol. The molecule has 5 rings (SSSR count). The number of ether oxygens (including phenoxy) is 1. The number of rotatable bonds is 8. The van der Waals surface area contributed by atoms with Crippen LogP contribution < -0.4 is 21.3 Å². The van der Waals surface area contributed by atoms with E-state index in [1.807, 2.05) is 36.4 Å². The molecule has 1 aliphatic heterocycles. The Labute approximate surface area is 254 Å². The number of nitriles is 1. The second-order valence-corrected chi connectivity index (χ2v) is 10.5. The zero-order valence-electron chi connectivity index (χ0n) is 23.7.